The summed E-state index contributed by atoms with van der Waals surface area (Å²) in [6, 6.07) is 0. The number of nitrogens with zero attached hydrogens (tertiary/aromatic N) is 1. The monoisotopic (exact) mass is 227 g/mol. The molecule has 0 saturated carbocycles. The fourth-order valence-electron chi connectivity index (χ4n) is 2.58. The van der Waals surface area contributed by atoms with E-state index < -0.39 is 5.60 Å². The van der Waals surface area contributed by atoms with Crippen molar-refractivity contribution in [2.75, 3.05) is 19.6 Å². The zero-order chi connectivity index (χ0) is 12.0. The summed E-state index contributed by atoms with van der Waals surface area (Å²) in [7, 11) is 0. The van der Waals surface area contributed by atoms with Crippen LogP contribution in [0, 0.1) is 5.92 Å². The molecule has 2 nitrogen and oxygen atoms in total. The first kappa shape index (κ1) is 14.0. The highest BCUT2D eigenvalue weighted by Gasteiger charge is 2.19. The molecule has 0 aromatic rings. The van der Waals surface area contributed by atoms with Gasteiger partial charge in [-0.1, -0.05) is 19.8 Å². The molecule has 0 spiro atoms. The zero-order valence-electron chi connectivity index (χ0n) is 11.3. The highest BCUT2D eigenvalue weighted by molar-refractivity contribution is 4.73. The molecule has 1 atom stereocenters. The predicted octanol–water partition coefficient (Wildman–Crippen LogP) is 3.05. The molecule has 0 radical (unpaired) electrons. The number of rotatable bonds is 5. The lowest BCUT2D eigenvalue weighted by atomic mass is 9.96. The molecule has 1 heterocycles. The van der Waals surface area contributed by atoms with Crippen molar-refractivity contribution in [3.05, 3.63) is 0 Å². The van der Waals surface area contributed by atoms with Crippen molar-refractivity contribution in [2.45, 2.75) is 64.9 Å². The van der Waals surface area contributed by atoms with Crippen molar-refractivity contribution >= 4 is 0 Å². The van der Waals surface area contributed by atoms with Crippen molar-refractivity contribution < 1.29 is 5.11 Å². The summed E-state index contributed by atoms with van der Waals surface area (Å²) in [5, 5.41) is 9.73. The largest absolute Gasteiger partial charge is 0.390 e. The van der Waals surface area contributed by atoms with Crippen LogP contribution in [0.3, 0.4) is 0 Å². The van der Waals surface area contributed by atoms with Crippen LogP contribution in [0.2, 0.25) is 0 Å². The van der Waals surface area contributed by atoms with Gasteiger partial charge in [0.05, 0.1) is 5.60 Å². The Kier molecular flexibility index (Phi) is 5.77. The molecule has 1 rings (SSSR count). The normalized spacial score (nSPS) is 24.4. The van der Waals surface area contributed by atoms with E-state index in [4.69, 9.17) is 0 Å². The molecule has 1 saturated heterocycles. The average Bonchev–Trinajstić information content (AvgIpc) is 2.40. The second kappa shape index (κ2) is 6.61. The summed E-state index contributed by atoms with van der Waals surface area (Å²) in [6.07, 6.45) is 7.74. The van der Waals surface area contributed by atoms with E-state index in [0.29, 0.717) is 0 Å². The quantitative estimate of drug-likeness (QED) is 0.780. The molecule has 1 N–H and O–H groups in total. The minimum absolute atomic E-state index is 0.505. The van der Waals surface area contributed by atoms with Gasteiger partial charge in [-0.3, -0.25) is 0 Å². The number of hydrogen-bond acceptors (Lipinski definition) is 2. The first-order chi connectivity index (χ1) is 7.51. The summed E-state index contributed by atoms with van der Waals surface area (Å²) >= 11 is 0. The molecule has 0 bridgehead atoms. The molecule has 96 valence electrons. The Bertz CT molecular complexity index is 186. The Hall–Kier alpha value is -0.0800. The molecule has 0 aromatic carbocycles. The summed E-state index contributed by atoms with van der Waals surface area (Å²) in [5.74, 6) is 0.956. The Morgan fingerprint density at radius 1 is 1.25 bits per heavy atom. The van der Waals surface area contributed by atoms with Crippen molar-refractivity contribution in [2.24, 2.45) is 5.92 Å². The maximum Gasteiger partial charge on any atom is 0.0603 e. The standard InChI is InChI=1S/C14H29NO/c1-4-6-13-7-5-10-15(11-8-13)12-9-14(2,3)16/h13,16H,4-12H2,1-3H3. The third kappa shape index (κ3) is 5.86. The Morgan fingerprint density at radius 3 is 2.62 bits per heavy atom. The summed E-state index contributed by atoms with van der Waals surface area (Å²) in [5.41, 5.74) is -0.505. The third-order valence-corrected chi connectivity index (χ3v) is 3.68. The molecule has 1 aliphatic rings. The van der Waals surface area contributed by atoms with Crippen molar-refractivity contribution in [3.63, 3.8) is 0 Å². The van der Waals surface area contributed by atoms with Gasteiger partial charge in [0.1, 0.15) is 0 Å². The fraction of sp³-hybridized carbons (Fsp3) is 1.00. The van der Waals surface area contributed by atoms with Gasteiger partial charge in [-0.05, 0) is 58.5 Å². The lowest BCUT2D eigenvalue weighted by Gasteiger charge is -2.24. The minimum atomic E-state index is -0.505. The van der Waals surface area contributed by atoms with Gasteiger partial charge < -0.3 is 10.0 Å². The maximum absolute atomic E-state index is 9.73. The van der Waals surface area contributed by atoms with Gasteiger partial charge in [0.2, 0.25) is 0 Å². The van der Waals surface area contributed by atoms with Gasteiger partial charge in [-0.25, -0.2) is 0 Å². The summed E-state index contributed by atoms with van der Waals surface area (Å²) in [6.45, 7) is 9.63. The van der Waals surface area contributed by atoms with Crippen molar-refractivity contribution in [3.8, 4) is 0 Å². The molecule has 0 aromatic heterocycles. The summed E-state index contributed by atoms with van der Waals surface area (Å²) in [4.78, 5) is 2.54. The van der Waals surface area contributed by atoms with Crippen LogP contribution in [-0.2, 0) is 0 Å². The van der Waals surface area contributed by atoms with Crippen LogP contribution in [0.5, 0.6) is 0 Å². The maximum atomic E-state index is 9.73. The molecule has 1 aliphatic heterocycles. The van der Waals surface area contributed by atoms with Crippen LogP contribution in [0.4, 0.5) is 0 Å². The van der Waals surface area contributed by atoms with Crippen LogP contribution in [0.15, 0.2) is 0 Å². The van der Waals surface area contributed by atoms with E-state index in [2.05, 4.69) is 11.8 Å². The van der Waals surface area contributed by atoms with Gasteiger partial charge in [0.15, 0.2) is 0 Å². The van der Waals surface area contributed by atoms with E-state index in [1.807, 2.05) is 13.8 Å². The van der Waals surface area contributed by atoms with Crippen LogP contribution >= 0.6 is 0 Å². The molecular weight excluding hydrogens is 198 g/mol. The average molecular weight is 227 g/mol. The topological polar surface area (TPSA) is 23.5 Å². The van der Waals surface area contributed by atoms with Gasteiger partial charge in [0, 0.05) is 6.54 Å². The van der Waals surface area contributed by atoms with E-state index in [-0.39, 0.29) is 0 Å². The van der Waals surface area contributed by atoms with Gasteiger partial charge in [-0.15, -0.1) is 0 Å². The molecule has 0 aliphatic carbocycles. The van der Waals surface area contributed by atoms with E-state index in [1.54, 1.807) is 0 Å². The smallest absolute Gasteiger partial charge is 0.0603 e. The Morgan fingerprint density at radius 2 is 2.00 bits per heavy atom. The van der Waals surface area contributed by atoms with Crippen molar-refractivity contribution in [1.82, 2.24) is 4.90 Å². The first-order valence-electron chi connectivity index (χ1n) is 6.96. The van der Waals surface area contributed by atoms with Crippen molar-refractivity contribution in [1.29, 1.82) is 0 Å². The lowest BCUT2D eigenvalue weighted by molar-refractivity contribution is 0.0579. The minimum Gasteiger partial charge on any atom is -0.390 e. The molecule has 1 unspecified atom stereocenters. The highest BCUT2D eigenvalue weighted by atomic mass is 16.3. The molecule has 1 fully saturated rings. The first-order valence-corrected chi connectivity index (χ1v) is 6.96. The third-order valence-electron chi connectivity index (χ3n) is 3.68. The molecule has 0 amide bonds. The number of likely N-dealkylation sites (tertiary alicyclic amines) is 1. The SMILES string of the molecule is CCCC1CCCN(CCC(C)(C)O)CC1. The second-order valence-corrected chi connectivity index (χ2v) is 5.99. The van der Waals surface area contributed by atoms with Gasteiger partial charge in [-0.2, -0.15) is 0 Å². The number of hydrogen-bond donors (Lipinski definition) is 1. The van der Waals surface area contributed by atoms with E-state index in [9.17, 15) is 5.11 Å². The van der Waals surface area contributed by atoms with Crippen LogP contribution in [0.25, 0.3) is 0 Å². The van der Waals surface area contributed by atoms with Crippen LogP contribution in [0.1, 0.15) is 59.3 Å². The zero-order valence-corrected chi connectivity index (χ0v) is 11.3. The fourth-order valence-corrected chi connectivity index (χ4v) is 2.58. The summed E-state index contributed by atoms with van der Waals surface area (Å²) < 4.78 is 0. The molecular formula is C14H29NO. The lowest BCUT2D eigenvalue weighted by Crippen LogP contribution is -2.31. The second-order valence-electron chi connectivity index (χ2n) is 5.99. The molecule has 16 heavy (non-hydrogen) atoms. The Balaban J connectivity index is 2.25. The van der Waals surface area contributed by atoms with E-state index >= 15 is 0 Å². The van der Waals surface area contributed by atoms with Crippen LogP contribution in [-0.4, -0.2) is 35.2 Å². The van der Waals surface area contributed by atoms with E-state index in [1.165, 1.54) is 45.2 Å². The van der Waals surface area contributed by atoms with Crippen LogP contribution < -0.4 is 0 Å². The van der Waals surface area contributed by atoms with Gasteiger partial charge >= 0.3 is 0 Å². The molecule has 2 heteroatoms. The number of aliphatic hydroxyl groups is 1. The highest BCUT2D eigenvalue weighted by Crippen LogP contribution is 2.22. The predicted molar refractivity (Wildman–Crippen MR) is 69.6 cm³/mol. The Labute approximate surface area is 101 Å². The van der Waals surface area contributed by atoms with Gasteiger partial charge in [0.25, 0.3) is 0 Å². The van der Waals surface area contributed by atoms with E-state index in [0.717, 1.165) is 18.9 Å².